The zero-order valence-corrected chi connectivity index (χ0v) is 31.2. The molecule has 0 fully saturated rings. The van der Waals surface area contributed by atoms with E-state index >= 15 is 0 Å². The molecule has 11 rings (SSSR count). The summed E-state index contributed by atoms with van der Waals surface area (Å²) in [6.07, 6.45) is 0. The molecule has 58 heavy (non-hydrogen) atoms. The first-order valence-electron chi connectivity index (χ1n) is 19.2. The van der Waals surface area contributed by atoms with Crippen molar-refractivity contribution in [1.29, 1.82) is 0 Å². The summed E-state index contributed by atoms with van der Waals surface area (Å²) in [5.74, 6) is 1.73. The molecule has 0 aliphatic heterocycles. The minimum Gasteiger partial charge on any atom is -0.309 e. The van der Waals surface area contributed by atoms with Crippen LogP contribution in [0.5, 0.6) is 0 Å². The van der Waals surface area contributed by atoms with Gasteiger partial charge in [-0.1, -0.05) is 140 Å². The fraction of sp³-hybridized carbons (Fsp3) is 0. The maximum Gasteiger partial charge on any atom is 0.194 e. The van der Waals surface area contributed by atoms with Crippen molar-refractivity contribution in [3.63, 3.8) is 0 Å². The maximum absolute atomic E-state index is 8.07. The molecule has 0 N–H and O–H groups in total. The lowest BCUT2D eigenvalue weighted by Crippen LogP contribution is -2.02. The number of benzene rings is 8. The molecule has 0 amide bonds. The van der Waals surface area contributed by atoms with Crippen molar-refractivity contribution in [2.75, 3.05) is 0 Å². The quantitative estimate of drug-likeness (QED) is 0.160. The van der Waals surface area contributed by atoms with Gasteiger partial charge in [0, 0.05) is 49.6 Å². The molecule has 0 saturated carbocycles. The van der Waals surface area contributed by atoms with E-state index in [-0.39, 0.29) is 0 Å². The predicted octanol–water partition coefficient (Wildman–Crippen LogP) is 13.3. The molecule has 0 radical (unpaired) electrons. The second kappa shape index (κ2) is 13.6. The summed E-state index contributed by atoms with van der Waals surface area (Å²) in [4.78, 5) is 19.1. The number of para-hydroxylation sites is 4. The summed E-state index contributed by atoms with van der Waals surface area (Å²) < 4.78 is 4.69. The molecule has 0 bridgehead atoms. The van der Waals surface area contributed by atoms with E-state index in [1.54, 1.807) is 0 Å². The van der Waals surface area contributed by atoms with Crippen molar-refractivity contribution >= 4 is 49.3 Å². The molecule has 0 spiro atoms. The molecule has 8 aromatic carbocycles. The van der Waals surface area contributed by atoms with E-state index in [9.17, 15) is 0 Å². The highest BCUT2D eigenvalue weighted by Gasteiger charge is 2.20. The third kappa shape index (κ3) is 5.45. The van der Waals surface area contributed by atoms with Gasteiger partial charge in [0.2, 0.25) is 0 Å². The van der Waals surface area contributed by atoms with Crippen LogP contribution in [0.15, 0.2) is 194 Å². The Kier molecular flexibility index (Phi) is 7.76. The van der Waals surface area contributed by atoms with Crippen molar-refractivity contribution in [2.24, 2.45) is 0 Å². The topological polar surface area (TPSA) is 52.9 Å². The lowest BCUT2D eigenvalue weighted by Gasteiger charge is -2.15. The summed E-state index contributed by atoms with van der Waals surface area (Å²) in [5, 5.41) is 4.75. The molecule has 0 aliphatic carbocycles. The maximum atomic E-state index is 8.07. The zero-order chi connectivity index (χ0) is 38.6. The molecule has 0 atom stereocenters. The van der Waals surface area contributed by atoms with E-state index in [0.29, 0.717) is 23.2 Å². The van der Waals surface area contributed by atoms with E-state index in [4.69, 9.17) is 21.5 Å². The van der Waals surface area contributed by atoms with Gasteiger partial charge in [0.15, 0.2) is 23.2 Å². The van der Waals surface area contributed by atoms with Crippen LogP contribution in [0.4, 0.5) is 5.69 Å². The predicted molar refractivity (Wildman–Crippen MR) is 237 cm³/mol. The Balaban J connectivity index is 1.18. The van der Waals surface area contributed by atoms with Gasteiger partial charge in [-0.05, 0) is 65.7 Å². The largest absolute Gasteiger partial charge is 0.309 e. The lowest BCUT2D eigenvalue weighted by molar-refractivity contribution is 1.07. The van der Waals surface area contributed by atoms with Gasteiger partial charge in [-0.15, -0.1) is 0 Å². The number of fused-ring (bicyclic) bond motifs is 6. The van der Waals surface area contributed by atoms with Gasteiger partial charge < -0.3 is 9.13 Å². The number of hydrogen-bond acceptors (Lipinski definition) is 3. The second-order valence-electron chi connectivity index (χ2n) is 14.4. The minimum absolute atomic E-state index is 0.547. The Bertz CT molecular complexity index is 3300. The van der Waals surface area contributed by atoms with Gasteiger partial charge in [0.1, 0.15) is 0 Å². The van der Waals surface area contributed by atoms with Crippen LogP contribution in [0.25, 0.3) is 105 Å². The van der Waals surface area contributed by atoms with Gasteiger partial charge in [0.25, 0.3) is 0 Å². The van der Waals surface area contributed by atoms with Gasteiger partial charge >= 0.3 is 0 Å². The van der Waals surface area contributed by atoms with E-state index in [1.807, 2.05) is 84.9 Å². The Hall–Kier alpha value is -8.14. The summed E-state index contributed by atoms with van der Waals surface area (Å²) >= 11 is 0. The number of nitrogens with zero attached hydrogens (tertiary/aromatic N) is 6. The molecule has 3 heterocycles. The summed E-state index contributed by atoms with van der Waals surface area (Å²) in [7, 11) is 0. The smallest absolute Gasteiger partial charge is 0.194 e. The van der Waals surface area contributed by atoms with E-state index < -0.39 is 0 Å². The lowest BCUT2D eigenvalue weighted by atomic mass is 9.99. The normalized spacial score (nSPS) is 11.4. The van der Waals surface area contributed by atoms with E-state index in [0.717, 1.165) is 61.0 Å². The van der Waals surface area contributed by atoms with Crippen LogP contribution in [0.2, 0.25) is 0 Å². The van der Waals surface area contributed by atoms with Crippen molar-refractivity contribution in [1.82, 2.24) is 24.1 Å². The summed E-state index contributed by atoms with van der Waals surface area (Å²) in [5.41, 5.74) is 11.5. The molecule has 270 valence electrons. The van der Waals surface area contributed by atoms with Crippen molar-refractivity contribution in [3.8, 4) is 56.7 Å². The van der Waals surface area contributed by atoms with E-state index in [1.165, 1.54) is 21.8 Å². The average molecular weight is 741 g/mol. The van der Waals surface area contributed by atoms with Crippen LogP contribution in [0.3, 0.4) is 0 Å². The fourth-order valence-corrected chi connectivity index (χ4v) is 8.36. The van der Waals surface area contributed by atoms with Gasteiger partial charge in [-0.25, -0.2) is 19.8 Å². The third-order valence-electron chi connectivity index (χ3n) is 11.0. The Morgan fingerprint density at radius 3 is 1.38 bits per heavy atom. The molecule has 0 aliphatic rings. The van der Waals surface area contributed by atoms with E-state index in [2.05, 4.69) is 123 Å². The highest BCUT2D eigenvalue weighted by molar-refractivity contribution is 6.12. The van der Waals surface area contributed by atoms with Crippen LogP contribution >= 0.6 is 0 Å². The standard InChI is InChI=1S/C52H32N6/c1-53-45-24-12-8-20-40(45)36-30-37(52-55-50(34-16-4-2-5-17-34)54-51(56-52)35-18-6-3-7-19-35)32-39(31-36)58-48-27-15-11-23-43(48)44-33-38(28-29-49(44)58)57-46-25-13-9-21-41(46)42-22-10-14-26-47(42)57/h2-33H. The minimum atomic E-state index is 0.547. The van der Waals surface area contributed by atoms with Crippen LogP contribution in [-0.4, -0.2) is 24.1 Å². The molecule has 6 heteroatoms. The Labute approximate surface area is 334 Å². The first-order chi connectivity index (χ1) is 28.7. The van der Waals surface area contributed by atoms with Crippen LogP contribution in [-0.2, 0) is 0 Å². The van der Waals surface area contributed by atoms with Crippen molar-refractivity contribution < 1.29 is 0 Å². The highest BCUT2D eigenvalue weighted by atomic mass is 15.0. The SMILES string of the molecule is [C-]#[N+]c1ccccc1-c1cc(-c2nc(-c3ccccc3)nc(-c3ccccc3)n2)cc(-n2c3ccccc3c3cc(-n4c5ccccc5c5ccccc54)ccc32)c1. The van der Waals surface area contributed by atoms with Gasteiger partial charge in [-0.3, -0.25) is 0 Å². The Morgan fingerprint density at radius 2 is 0.793 bits per heavy atom. The van der Waals surface area contributed by atoms with Crippen LogP contribution < -0.4 is 0 Å². The van der Waals surface area contributed by atoms with Crippen LogP contribution in [0.1, 0.15) is 0 Å². The summed E-state index contributed by atoms with van der Waals surface area (Å²) in [6, 6.07) is 66.9. The molecule has 0 unspecified atom stereocenters. The molecule has 6 nitrogen and oxygen atoms in total. The van der Waals surface area contributed by atoms with Gasteiger partial charge in [0.05, 0.1) is 28.6 Å². The average Bonchev–Trinajstić information content (AvgIpc) is 3.82. The van der Waals surface area contributed by atoms with Crippen LogP contribution in [0, 0.1) is 6.57 Å². The molecule has 11 aromatic rings. The second-order valence-corrected chi connectivity index (χ2v) is 14.4. The third-order valence-corrected chi connectivity index (χ3v) is 11.0. The molecule has 3 aromatic heterocycles. The first-order valence-corrected chi connectivity index (χ1v) is 19.2. The molecular formula is C52H32N6. The Morgan fingerprint density at radius 1 is 0.345 bits per heavy atom. The van der Waals surface area contributed by atoms with Crippen molar-refractivity contribution in [3.05, 3.63) is 206 Å². The highest BCUT2D eigenvalue weighted by Crippen LogP contribution is 2.40. The zero-order valence-electron chi connectivity index (χ0n) is 31.2. The monoisotopic (exact) mass is 740 g/mol. The van der Waals surface area contributed by atoms with Crippen molar-refractivity contribution in [2.45, 2.75) is 0 Å². The number of hydrogen-bond donors (Lipinski definition) is 0. The molecular weight excluding hydrogens is 709 g/mol. The van der Waals surface area contributed by atoms with Gasteiger partial charge in [-0.2, -0.15) is 0 Å². The number of rotatable bonds is 6. The molecule has 0 saturated heterocycles. The first kappa shape index (κ1) is 33.2. The fourth-order valence-electron chi connectivity index (χ4n) is 8.36. The number of aromatic nitrogens is 5. The summed E-state index contributed by atoms with van der Waals surface area (Å²) in [6.45, 7) is 8.07.